The maximum absolute atomic E-state index is 14.7. The Morgan fingerprint density at radius 2 is 0.313 bits per heavy atom. The summed E-state index contributed by atoms with van der Waals surface area (Å²) >= 11 is 0. The second-order valence-corrected chi connectivity index (χ2v) is 29.6. The highest BCUT2D eigenvalue weighted by atomic mass is 16.7. The molecule has 0 aliphatic heterocycles. The summed E-state index contributed by atoms with van der Waals surface area (Å²) in [6.45, 7) is -5.22. The molecule has 0 spiro atoms. The predicted molar refractivity (Wildman–Crippen MR) is 482 cm³/mol. The Balaban J connectivity index is 1.24. The molecular weight excluding hydrogens is 1980 g/mol. The maximum Gasteiger partial charge on any atom is 0.414 e. The highest BCUT2D eigenvalue weighted by Gasteiger charge is 2.61. The fourth-order valence-electron chi connectivity index (χ4n) is 11.9. The first-order valence-electron chi connectivity index (χ1n) is 43.3. The Morgan fingerprint density at radius 1 is 0.184 bits per heavy atom. The number of rotatable bonds is 54. The van der Waals surface area contributed by atoms with Crippen molar-refractivity contribution in [1.82, 2.24) is 63.8 Å². The summed E-state index contributed by atoms with van der Waals surface area (Å²) in [6, 6.07) is 25.4. The Labute approximate surface area is 824 Å². The van der Waals surface area contributed by atoms with Crippen LogP contribution in [0.25, 0.3) is 0 Å². The van der Waals surface area contributed by atoms with Crippen molar-refractivity contribution >= 4 is 148 Å². The summed E-state index contributed by atoms with van der Waals surface area (Å²) in [4.78, 5) is 321. The normalized spacial score (nSPS) is 14.0. The van der Waals surface area contributed by atoms with Gasteiger partial charge in [0.05, 0.1) is 74.5 Å². The molecule has 7 rings (SSSR count). The Bertz CT molecular complexity index is 5530. The van der Waals surface area contributed by atoms with Crippen LogP contribution in [0.4, 0.5) is 67.7 Å². The molecule has 1 saturated carbocycles. The molecule has 6 aromatic rings. The van der Waals surface area contributed by atoms with Gasteiger partial charge in [-0.15, -0.1) is 0 Å². The van der Waals surface area contributed by atoms with E-state index in [9.17, 15) is 152 Å². The number of benzene rings is 6. The number of carbonyl (C=O) groups is 19. The van der Waals surface area contributed by atoms with Gasteiger partial charge in [-0.25, -0.2) is 33.6 Å². The molecule has 1 aliphatic rings. The van der Waals surface area contributed by atoms with Crippen LogP contribution in [0.5, 0.6) is 34.5 Å². The van der Waals surface area contributed by atoms with Crippen LogP contribution < -0.4 is 92.2 Å². The minimum atomic E-state index is -2.79. The van der Waals surface area contributed by atoms with Crippen LogP contribution in [0.15, 0.2) is 146 Å². The number of hydrogen-bond acceptors (Lipinski definition) is 44. The zero-order valence-electron chi connectivity index (χ0n) is 76.4. The summed E-state index contributed by atoms with van der Waals surface area (Å²) in [6.07, 6.45) is -37.7. The molecule has 12 amide bonds. The summed E-state index contributed by atoms with van der Waals surface area (Å²) in [7, 11) is 0. The molecule has 62 heteroatoms. The highest BCUT2D eigenvalue weighted by Crippen LogP contribution is 2.37. The second-order valence-electron chi connectivity index (χ2n) is 29.6. The van der Waals surface area contributed by atoms with Gasteiger partial charge in [0.1, 0.15) is 34.5 Å². The van der Waals surface area contributed by atoms with Gasteiger partial charge in [0.25, 0.3) is 34.1 Å². The number of carbonyl (C=O) groups excluding carboxylic acids is 19. The molecular formula is C85H90N18O44. The number of amides is 12. The first-order valence-corrected chi connectivity index (χ1v) is 43.3. The van der Waals surface area contributed by atoms with Crippen molar-refractivity contribution in [3.63, 3.8) is 0 Å². The zero-order chi connectivity index (χ0) is 107. The summed E-state index contributed by atoms with van der Waals surface area (Å²) < 4.78 is 70.6. The highest BCUT2D eigenvalue weighted by molar-refractivity contribution is 5.88. The molecule has 4 unspecified atom stereocenters. The quantitative estimate of drug-likeness (QED) is 0.00651. The SMILES string of the molecule is O=C(CCC(=O)OC1C(OC(=O)CCC(=O)NCCNC(=O)Oc2ccc([N+](=O)[O-])cc2)C(OC(=O)CCC(=O)NCCNC(=O)Oc2ccc([N+](=O)[O-])cc2)C(OC(=O)CCC(=O)OC(=O)NCCNC(=O)Oc2ccc([N+](=O)[O-])cc2)C(OC(=O)CCC(=O)NCCNC(=O)Oc2ccc([N+](=O)[O-])cc2)C1OC(=O)CCC(=O)NCCNC(=O)Oc1ccc([N+](=O)[O-])cc1)NCCNC(=O)Oc1ccc([N+](=O)[O-])cc1. The van der Waals surface area contributed by atoms with E-state index < -0.39 is 336 Å². The van der Waals surface area contributed by atoms with Gasteiger partial charge < -0.3 is 125 Å². The second kappa shape index (κ2) is 59.8. The molecule has 62 nitrogen and oxygen atoms in total. The Morgan fingerprint density at radius 3 is 0.463 bits per heavy atom. The predicted octanol–water partition coefficient (Wildman–Crippen LogP) is 3.17. The van der Waals surface area contributed by atoms with Crippen molar-refractivity contribution in [2.24, 2.45) is 0 Å². The topological polar surface area (TPSA) is 848 Å². The van der Waals surface area contributed by atoms with Gasteiger partial charge in [0.2, 0.25) is 29.5 Å². The van der Waals surface area contributed by atoms with E-state index in [1.54, 1.807) is 0 Å². The number of nitrogens with one attached hydrogen (secondary N) is 12. The van der Waals surface area contributed by atoms with Crippen molar-refractivity contribution in [2.75, 3.05) is 78.5 Å². The monoisotopic (exact) mass is 2070 g/mol. The number of alkyl carbamates (subject to hydrolysis) is 1. The van der Waals surface area contributed by atoms with Gasteiger partial charge in [-0.2, -0.15) is 0 Å². The number of nitro groups is 6. The van der Waals surface area contributed by atoms with Crippen LogP contribution in [-0.4, -0.2) is 259 Å². The number of esters is 7. The summed E-state index contributed by atoms with van der Waals surface area (Å²) in [5.74, 6) is -17.6. The molecule has 0 bridgehead atoms. The van der Waals surface area contributed by atoms with E-state index >= 15 is 0 Å². The van der Waals surface area contributed by atoms with Crippen molar-refractivity contribution in [3.05, 3.63) is 206 Å². The van der Waals surface area contributed by atoms with E-state index in [4.69, 9.17) is 61.6 Å². The van der Waals surface area contributed by atoms with Gasteiger partial charge in [-0.05, 0) is 72.8 Å². The molecule has 0 aromatic heterocycles. The minimum Gasteiger partial charge on any atom is -0.454 e. The molecule has 1 aliphatic carbocycles. The first-order chi connectivity index (χ1) is 70.1. The van der Waals surface area contributed by atoms with Gasteiger partial charge in [-0.3, -0.25) is 118 Å². The summed E-state index contributed by atoms with van der Waals surface area (Å²) in [5.41, 5.74) is -2.10. The molecule has 12 N–H and O–H groups in total. The summed E-state index contributed by atoms with van der Waals surface area (Å²) in [5, 5.41) is 94.2. The van der Waals surface area contributed by atoms with Crippen molar-refractivity contribution in [1.29, 1.82) is 0 Å². The van der Waals surface area contributed by atoms with Gasteiger partial charge in [-0.1, -0.05) is 0 Å². The van der Waals surface area contributed by atoms with Crippen LogP contribution >= 0.6 is 0 Å². The molecule has 6 aromatic carbocycles. The van der Waals surface area contributed by atoms with Gasteiger partial charge in [0.15, 0.2) is 36.6 Å². The molecule has 0 saturated heterocycles. The lowest BCUT2D eigenvalue weighted by atomic mass is 9.83. The van der Waals surface area contributed by atoms with E-state index in [-0.39, 0.29) is 68.6 Å². The molecule has 0 radical (unpaired) electrons. The third-order valence-electron chi connectivity index (χ3n) is 18.9. The number of ether oxygens (including phenoxy) is 13. The number of non-ortho nitro benzene ring substituents is 6. The van der Waals surface area contributed by atoms with E-state index in [1.165, 1.54) is 0 Å². The molecule has 0 heterocycles. The number of nitro benzene ring substituents is 6. The van der Waals surface area contributed by atoms with Crippen LogP contribution in [0.1, 0.15) is 77.0 Å². The third kappa shape index (κ3) is 43.4. The first kappa shape index (κ1) is 114. The van der Waals surface area contributed by atoms with E-state index in [0.717, 1.165) is 146 Å². The third-order valence-corrected chi connectivity index (χ3v) is 18.9. The fourth-order valence-corrected chi connectivity index (χ4v) is 11.9. The van der Waals surface area contributed by atoms with Gasteiger partial charge in [0, 0.05) is 183 Å². The molecule has 147 heavy (non-hydrogen) atoms. The Kier molecular flexibility index (Phi) is 46.5. The van der Waals surface area contributed by atoms with E-state index in [0.29, 0.717) is 0 Å². The van der Waals surface area contributed by atoms with Crippen LogP contribution in [0.3, 0.4) is 0 Å². The van der Waals surface area contributed by atoms with Crippen molar-refractivity contribution in [3.8, 4) is 34.5 Å². The van der Waals surface area contributed by atoms with E-state index in [1.807, 2.05) is 0 Å². The molecule has 1 fully saturated rings. The largest absolute Gasteiger partial charge is 0.454 e. The van der Waals surface area contributed by atoms with Crippen molar-refractivity contribution in [2.45, 2.75) is 114 Å². The lowest BCUT2D eigenvalue weighted by Gasteiger charge is -2.47. The number of nitrogens with zero attached hydrogens (tertiary/aromatic N) is 6. The number of hydrogen-bond donors (Lipinski definition) is 12. The fraction of sp³-hybridized carbons (Fsp3) is 0.353. The average molecular weight is 2070 g/mol. The molecule has 4 atom stereocenters. The van der Waals surface area contributed by atoms with Crippen LogP contribution in [0.2, 0.25) is 0 Å². The van der Waals surface area contributed by atoms with Crippen molar-refractivity contribution < 1.29 is 182 Å². The van der Waals surface area contributed by atoms with E-state index in [2.05, 4.69) is 63.8 Å². The maximum atomic E-state index is 14.7. The minimum absolute atomic E-state index is 0.151. The van der Waals surface area contributed by atoms with Gasteiger partial charge >= 0.3 is 84.4 Å². The lowest BCUT2D eigenvalue weighted by Crippen LogP contribution is -2.69. The zero-order valence-corrected chi connectivity index (χ0v) is 76.4. The van der Waals surface area contributed by atoms with Crippen LogP contribution in [-0.2, 0) is 90.7 Å². The average Bonchev–Trinajstić information content (AvgIpc) is 0.752. The molecule has 784 valence electrons. The lowest BCUT2D eigenvalue weighted by molar-refractivity contribution is -0.385. The standard InChI is InChI=1S/C85H90N18O44/c104-61(86-37-42-91-79(116)135-55-13-1-49(2-14-55)98(123)124)25-30-66(109)141-73-74(142-67(110)31-26-62(105)87-38-43-92-80(117)136-56-15-3-50(4-16-56)99(125)126)76(144-69(112)33-28-64(107)89-40-45-94-82(119)138-58-19-7-52(8-20-58)101(129)130)78(146-71(114)35-36-72(115)147-85(122)97-48-47-96-84(121)140-60-23-11-54(12-24-60)103(133)134)77(145-70(113)34-29-65(108)90-41-46-95-83(120)139-59-21-9-53(10-22-59)102(131)132)75(73)143-68(111)32-27-63(106)88-39-44-93-81(118)137-57-17-5-51(6-18-57)100(127)128/h1-24,73-78H,25-48H2,(H,86,104)(H,87,105)(H,88,106)(H,89,107)(H,90,108)(H,91,116)(H,92,117)(H,93,118)(H,94,119)(H,95,120)(H,96,121)(H,97,122). The Hall–Kier alpha value is -19.5. The smallest absolute Gasteiger partial charge is 0.414 e. The van der Waals surface area contributed by atoms with Crippen LogP contribution in [0, 0.1) is 60.7 Å².